The Balaban J connectivity index is 1.78. The SMILES string of the molecule is CC(C)(C)OC(=O)N1CCC(c2ccc(C(F)(F)F)cc2C2CCC(C(=O)O)CC2)CC1. The minimum Gasteiger partial charge on any atom is -0.481 e. The molecule has 1 saturated heterocycles. The summed E-state index contributed by atoms with van der Waals surface area (Å²) in [4.78, 5) is 25.3. The molecular formula is C24H32F3NO4. The van der Waals surface area contributed by atoms with Crippen LogP contribution in [0.3, 0.4) is 0 Å². The van der Waals surface area contributed by atoms with Crippen molar-refractivity contribution in [2.45, 2.75) is 82.9 Å². The number of alkyl halides is 3. The van der Waals surface area contributed by atoms with Crippen LogP contribution in [0.1, 0.15) is 87.8 Å². The zero-order chi connectivity index (χ0) is 23.7. The fraction of sp³-hybridized carbons (Fsp3) is 0.667. The summed E-state index contributed by atoms with van der Waals surface area (Å²) >= 11 is 0. The smallest absolute Gasteiger partial charge is 0.416 e. The van der Waals surface area contributed by atoms with Gasteiger partial charge < -0.3 is 14.7 Å². The van der Waals surface area contributed by atoms with Gasteiger partial charge >= 0.3 is 18.2 Å². The second-order valence-corrected chi connectivity index (χ2v) is 9.97. The zero-order valence-corrected chi connectivity index (χ0v) is 18.9. The lowest BCUT2D eigenvalue weighted by Crippen LogP contribution is -2.41. The summed E-state index contributed by atoms with van der Waals surface area (Å²) in [5.74, 6) is -1.27. The topological polar surface area (TPSA) is 66.8 Å². The van der Waals surface area contributed by atoms with Crippen LogP contribution in [0.15, 0.2) is 18.2 Å². The Morgan fingerprint density at radius 2 is 1.50 bits per heavy atom. The van der Waals surface area contributed by atoms with Crippen molar-refractivity contribution in [3.63, 3.8) is 0 Å². The molecule has 0 spiro atoms. The summed E-state index contributed by atoms with van der Waals surface area (Å²) in [6.07, 6.45) is -1.38. The number of carboxylic acid groups (broad SMARTS) is 1. The van der Waals surface area contributed by atoms with E-state index in [9.17, 15) is 27.9 Å². The maximum Gasteiger partial charge on any atom is 0.416 e. The third-order valence-electron chi connectivity index (χ3n) is 6.52. The first-order valence-electron chi connectivity index (χ1n) is 11.3. The molecule has 1 aliphatic heterocycles. The van der Waals surface area contributed by atoms with E-state index in [0.29, 0.717) is 57.2 Å². The highest BCUT2D eigenvalue weighted by atomic mass is 19.4. The number of hydrogen-bond acceptors (Lipinski definition) is 3. The summed E-state index contributed by atoms with van der Waals surface area (Å²) in [5.41, 5.74) is 0.353. The number of nitrogens with zero attached hydrogens (tertiary/aromatic N) is 1. The number of carbonyl (C=O) groups excluding carboxylic acids is 1. The minimum absolute atomic E-state index is 0.0585. The van der Waals surface area contributed by atoms with Gasteiger partial charge in [-0.1, -0.05) is 6.07 Å². The first kappa shape index (κ1) is 24.4. The molecule has 178 valence electrons. The fourth-order valence-electron chi connectivity index (χ4n) is 4.83. The number of amides is 1. The predicted octanol–water partition coefficient (Wildman–Crippen LogP) is 6.18. The van der Waals surface area contributed by atoms with Crippen LogP contribution in [0, 0.1) is 5.92 Å². The quantitative estimate of drug-likeness (QED) is 0.591. The lowest BCUT2D eigenvalue weighted by atomic mass is 9.74. The number of carbonyl (C=O) groups is 2. The molecule has 2 aliphatic rings. The van der Waals surface area contributed by atoms with Gasteiger partial charge in [-0.3, -0.25) is 4.79 Å². The molecule has 1 aliphatic carbocycles. The minimum atomic E-state index is -4.42. The van der Waals surface area contributed by atoms with Gasteiger partial charge in [0.15, 0.2) is 0 Å². The maximum absolute atomic E-state index is 13.4. The highest BCUT2D eigenvalue weighted by Crippen LogP contribution is 2.43. The van der Waals surface area contributed by atoms with Gasteiger partial charge in [-0.05, 0) is 94.4 Å². The van der Waals surface area contributed by atoms with Crippen LogP contribution in [0.5, 0.6) is 0 Å². The van der Waals surface area contributed by atoms with E-state index in [1.165, 1.54) is 6.07 Å². The standard InChI is InChI=1S/C24H32F3NO4/c1-23(2,3)32-22(31)28-12-10-16(11-13-28)19-9-8-18(24(25,26)27)14-20(19)15-4-6-17(7-5-15)21(29)30/h8-9,14-17H,4-7,10-13H2,1-3H3,(H,29,30). The second-order valence-electron chi connectivity index (χ2n) is 9.97. The van der Waals surface area contributed by atoms with E-state index < -0.39 is 29.2 Å². The van der Waals surface area contributed by atoms with Crippen molar-refractivity contribution in [1.29, 1.82) is 0 Å². The summed E-state index contributed by atoms with van der Waals surface area (Å²) in [7, 11) is 0. The van der Waals surface area contributed by atoms with Gasteiger partial charge in [-0.25, -0.2) is 4.79 Å². The Bertz CT molecular complexity index is 831. The van der Waals surface area contributed by atoms with Crippen molar-refractivity contribution in [3.8, 4) is 0 Å². The molecule has 3 rings (SSSR count). The number of halogens is 3. The molecule has 2 fully saturated rings. The number of hydrogen-bond donors (Lipinski definition) is 1. The predicted molar refractivity (Wildman–Crippen MR) is 114 cm³/mol. The van der Waals surface area contributed by atoms with Crippen molar-refractivity contribution in [3.05, 3.63) is 34.9 Å². The molecule has 1 N–H and O–H groups in total. The van der Waals surface area contributed by atoms with Crippen LogP contribution < -0.4 is 0 Å². The number of aliphatic carboxylic acids is 1. The zero-order valence-electron chi connectivity index (χ0n) is 18.9. The number of likely N-dealkylation sites (tertiary alicyclic amines) is 1. The first-order chi connectivity index (χ1) is 14.8. The first-order valence-corrected chi connectivity index (χ1v) is 11.3. The lowest BCUT2D eigenvalue weighted by Gasteiger charge is -2.36. The van der Waals surface area contributed by atoms with E-state index in [1.54, 1.807) is 11.0 Å². The van der Waals surface area contributed by atoms with Gasteiger partial charge in [-0.2, -0.15) is 13.2 Å². The Kier molecular flexibility index (Phi) is 7.10. The van der Waals surface area contributed by atoms with Crippen LogP contribution in [0.25, 0.3) is 0 Å². The molecular weight excluding hydrogens is 423 g/mol. The second kappa shape index (κ2) is 9.32. The Labute approximate surface area is 186 Å². The van der Waals surface area contributed by atoms with E-state index >= 15 is 0 Å². The molecule has 1 heterocycles. The average Bonchev–Trinajstić information content (AvgIpc) is 2.71. The van der Waals surface area contributed by atoms with Gasteiger partial charge in [0.1, 0.15) is 5.60 Å². The Hall–Kier alpha value is -2.25. The highest BCUT2D eigenvalue weighted by Gasteiger charge is 2.35. The highest BCUT2D eigenvalue weighted by molar-refractivity contribution is 5.70. The molecule has 0 atom stereocenters. The van der Waals surface area contributed by atoms with Crippen molar-refractivity contribution >= 4 is 12.1 Å². The lowest BCUT2D eigenvalue weighted by molar-refractivity contribution is -0.142. The number of carboxylic acids is 1. The van der Waals surface area contributed by atoms with Gasteiger partial charge in [0.2, 0.25) is 0 Å². The van der Waals surface area contributed by atoms with E-state index in [-0.39, 0.29) is 17.9 Å². The van der Waals surface area contributed by atoms with E-state index in [2.05, 4.69) is 0 Å². The number of benzene rings is 1. The summed E-state index contributed by atoms with van der Waals surface area (Å²) in [5, 5.41) is 9.25. The Morgan fingerprint density at radius 1 is 0.938 bits per heavy atom. The molecule has 0 bridgehead atoms. The van der Waals surface area contributed by atoms with E-state index in [1.807, 2.05) is 20.8 Å². The fourth-order valence-corrected chi connectivity index (χ4v) is 4.83. The maximum atomic E-state index is 13.4. The van der Waals surface area contributed by atoms with Crippen LogP contribution >= 0.6 is 0 Å². The molecule has 0 unspecified atom stereocenters. The molecule has 1 amide bonds. The van der Waals surface area contributed by atoms with Gasteiger partial charge in [-0.15, -0.1) is 0 Å². The van der Waals surface area contributed by atoms with Crippen LogP contribution in [-0.4, -0.2) is 40.8 Å². The van der Waals surface area contributed by atoms with Crippen LogP contribution in [-0.2, 0) is 15.7 Å². The number of ether oxygens (including phenoxy) is 1. The summed E-state index contributed by atoms with van der Waals surface area (Å²) in [6, 6.07) is 4.00. The number of rotatable bonds is 3. The van der Waals surface area contributed by atoms with Crippen LogP contribution in [0.4, 0.5) is 18.0 Å². The van der Waals surface area contributed by atoms with E-state index in [0.717, 1.165) is 11.6 Å². The molecule has 0 aromatic heterocycles. The Morgan fingerprint density at radius 3 is 2.00 bits per heavy atom. The third-order valence-corrected chi connectivity index (χ3v) is 6.52. The molecule has 5 nitrogen and oxygen atoms in total. The van der Waals surface area contributed by atoms with Crippen molar-refractivity contribution in [1.82, 2.24) is 4.90 Å². The van der Waals surface area contributed by atoms with Crippen molar-refractivity contribution < 1.29 is 32.6 Å². The summed E-state index contributed by atoms with van der Waals surface area (Å²) < 4.78 is 45.7. The van der Waals surface area contributed by atoms with Gasteiger partial charge in [0, 0.05) is 13.1 Å². The molecule has 32 heavy (non-hydrogen) atoms. The number of piperidine rings is 1. The van der Waals surface area contributed by atoms with Gasteiger partial charge in [0.25, 0.3) is 0 Å². The van der Waals surface area contributed by atoms with E-state index in [4.69, 9.17) is 4.74 Å². The van der Waals surface area contributed by atoms with Crippen molar-refractivity contribution in [2.24, 2.45) is 5.92 Å². The largest absolute Gasteiger partial charge is 0.481 e. The molecule has 1 saturated carbocycles. The van der Waals surface area contributed by atoms with Crippen molar-refractivity contribution in [2.75, 3.05) is 13.1 Å². The summed E-state index contributed by atoms with van der Waals surface area (Å²) in [6.45, 7) is 6.42. The third kappa shape index (κ3) is 5.95. The normalized spacial score (nSPS) is 23.1. The molecule has 0 radical (unpaired) electrons. The monoisotopic (exact) mass is 455 g/mol. The van der Waals surface area contributed by atoms with Gasteiger partial charge in [0.05, 0.1) is 11.5 Å². The average molecular weight is 456 g/mol. The molecule has 1 aromatic rings. The van der Waals surface area contributed by atoms with Crippen LogP contribution in [0.2, 0.25) is 0 Å². The molecule has 8 heteroatoms. The molecule has 1 aromatic carbocycles.